The molecule has 3 N–H and O–H groups in total. The first kappa shape index (κ1) is 34.8. The van der Waals surface area contributed by atoms with Crippen LogP contribution in [-0.4, -0.2) is 92.5 Å². The van der Waals surface area contributed by atoms with E-state index in [2.05, 4.69) is 58.1 Å². The van der Waals surface area contributed by atoms with Gasteiger partial charge in [0.15, 0.2) is 0 Å². The van der Waals surface area contributed by atoms with Gasteiger partial charge in [0.2, 0.25) is 22.2 Å². The first-order valence-corrected chi connectivity index (χ1v) is 18.7. The lowest BCUT2D eigenvalue weighted by atomic mass is 10.1. The number of aliphatic hydroxyl groups excluding tert-OH is 1. The molecule has 0 amide bonds. The van der Waals surface area contributed by atoms with Gasteiger partial charge in [-0.3, -0.25) is 9.58 Å². The molecule has 3 aromatic carbocycles. The number of primary sulfonamides is 1. The molecule has 51 heavy (non-hydrogen) atoms. The second-order valence-corrected chi connectivity index (χ2v) is 14.6. The van der Waals surface area contributed by atoms with Crippen molar-refractivity contribution in [1.82, 2.24) is 14.8 Å². The molecule has 4 atom stereocenters. The molecule has 3 aliphatic rings. The number of piperazine rings is 1. The molecule has 7 rings (SSSR count). The van der Waals surface area contributed by atoms with Crippen LogP contribution in [0.15, 0.2) is 101 Å². The van der Waals surface area contributed by atoms with Crippen LogP contribution < -0.4 is 24.6 Å². The van der Waals surface area contributed by atoms with Gasteiger partial charge in [-0.1, -0.05) is 19.1 Å². The number of anilines is 3. The van der Waals surface area contributed by atoms with Gasteiger partial charge in [-0.25, -0.2) is 18.6 Å². The fraction of sp³-hybridized carbons (Fsp3) is 0.389. The van der Waals surface area contributed by atoms with E-state index in [0.717, 1.165) is 55.4 Å². The Balaban J connectivity index is 0.912. The van der Waals surface area contributed by atoms with Crippen LogP contribution in [0, 0.1) is 0 Å². The number of hydrogen-bond acceptors (Lipinski definition) is 12. The maximum atomic E-state index is 11.8. The third-order valence-electron chi connectivity index (χ3n) is 9.68. The predicted octanol–water partition coefficient (Wildman–Crippen LogP) is 3.34. The van der Waals surface area contributed by atoms with Crippen LogP contribution in [0.4, 0.5) is 17.1 Å². The first-order valence-electron chi connectivity index (χ1n) is 17.2. The van der Waals surface area contributed by atoms with Crippen molar-refractivity contribution in [2.75, 3.05) is 54.1 Å². The molecule has 1 aromatic heterocycles. The van der Waals surface area contributed by atoms with Crippen LogP contribution in [0.2, 0.25) is 0 Å². The van der Waals surface area contributed by atoms with Crippen molar-refractivity contribution in [2.45, 2.75) is 56.0 Å². The lowest BCUT2D eigenvalue weighted by Crippen LogP contribution is -2.46. The predicted molar refractivity (Wildman–Crippen MR) is 194 cm³/mol. The molecule has 0 spiro atoms. The minimum absolute atomic E-state index is 0.0125. The van der Waals surface area contributed by atoms with E-state index in [0.29, 0.717) is 5.56 Å². The summed E-state index contributed by atoms with van der Waals surface area (Å²) in [5, 5.41) is 26.5. The number of benzene rings is 3. The number of rotatable bonds is 12. The summed E-state index contributed by atoms with van der Waals surface area (Å²) >= 11 is 0. The summed E-state index contributed by atoms with van der Waals surface area (Å²) in [6, 6.07) is 24.5. The molecule has 0 saturated carbocycles. The highest BCUT2D eigenvalue weighted by atomic mass is 32.2. The summed E-state index contributed by atoms with van der Waals surface area (Å²) in [7, 11) is -3.83. The van der Waals surface area contributed by atoms with Gasteiger partial charge < -0.3 is 29.1 Å². The Morgan fingerprint density at radius 1 is 0.961 bits per heavy atom. The molecule has 2 saturated heterocycles. The molecular weight excluding hydrogens is 673 g/mol. The molecule has 270 valence electrons. The third-order valence-corrected chi connectivity index (χ3v) is 10.6. The Morgan fingerprint density at radius 2 is 1.59 bits per heavy atom. The van der Waals surface area contributed by atoms with Gasteiger partial charge in [-0.15, -0.1) is 0 Å². The second kappa shape index (κ2) is 14.5. The van der Waals surface area contributed by atoms with E-state index in [1.54, 1.807) is 39.3 Å². The summed E-state index contributed by atoms with van der Waals surface area (Å²) in [5.41, 5.74) is 3.84. The van der Waals surface area contributed by atoms with Crippen molar-refractivity contribution in [2.24, 2.45) is 10.2 Å². The van der Waals surface area contributed by atoms with Gasteiger partial charge in [0.25, 0.3) is 0 Å². The minimum Gasteiger partial charge on any atom is -0.491 e. The van der Waals surface area contributed by atoms with Gasteiger partial charge in [0.05, 0.1) is 18.0 Å². The maximum Gasteiger partial charge on any atom is 0.238 e. The number of sulfonamides is 1. The zero-order valence-corrected chi connectivity index (χ0v) is 29.5. The summed E-state index contributed by atoms with van der Waals surface area (Å²) in [6.07, 6.45) is 4.91. The van der Waals surface area contributed by atoms with Crippen LogP contribution in [0.25, 0.3) is 0 Å². The number of ether oxygens (including phenoxy) is 3. The topological polar surface area (TPSA) is 151 Å². The molecule has 2 unspecified atom stereocenters. The normalized spacial score (nSPS) is 22.9. The van der Waals surface area contributed by atoms with Crippen LogP contribution in [0.3, 0.4) is 0 Å². The van der Waals surface area contributed by atoms with Gasteiger partial charge in [-0.2, -0.15) is 10.2 Å². The maximum absolute atomic E-state index is 11.8. The Hall–Kier alpha value is -4.67. The average molecular weight is 717 g/mol. The van der Waals surface area contributed by atoms with E-state index in [9.17, 15) is 13.5 Å². The number of aliphatic hydroxyl groups is 1. The molecule has 0 radical (unpaired) electrons. The molecule has 3 aliphatic heterocycles. The Morgan fingerprint density at radius 3 is 2.18 bits per heavy atom. The van der Waals surface area contributed by atoms with Crippen molar-refractivity contribution < 1.29 is 27.7 Å². The number of nitrogens with two attached hydrogens (primary N) is 1. The Labute approximate surface area is 298 Å². The largest absolute Gasteiger partial charge is 0.491 e. The van der Waals surface area contributed by atoms with Gasteiger partial charge in [0.1, 0.15) is 24.8 Å². The van der Waals surface area contributed by atoms with Crippen molar-refractivity contribution in [3.8, 4) is 5.75 Å². The number of aromatic nitrogens is 2. The minimum atomic E-state index is -3.83. The lowest BCUT2D eigenvalue weighted by Gasteiger charge is -2.37. The average Bonchev–Trinajstić information content (AvgIpc) is 3.92. The van der Waals surface area contributed by atoms with Crippen LogP contribution in [-0.2, 0) is 31.8 Å². The van der Waals surface area contributed by atoms with Crippen molar-refractivity contribution >= 4 is 33.4 Å². The molecule has 4 heterocycles. The van der Waals surface area contributed by atoms with Crippen LogP contribution in [0.5, 0.6) is 5.75 Å². The molecule has 0 bridgehead atoms. The second-order valence-electron chi connectivity index (χ2n) is 13.0. The molecule has 0 aliphatic carbocycles. The smallest absolute Gasteiger partial charge is 0.238 e. The van der Waals surface area contributed by atoms with Gasteiger partial charge in [-0.05, 0) is 80.1 Å². The standard InChI is InChI=1S/C36H44N8O6S/c1-3-27(2)44-35(45)43(26-39-44)31-9-7-29(8-10-31)40-19-21-41(22-20-40)30-11-13-32(14-12-30)48-23-33-24-49-36(50-33,25-42-18-4-17-38-42)28-5-15-34(16-6-28)51(37,46)47/h4-18,26-27,33,35,45H,3,19-25H2,1-2H3,(H2,37,46,47)/t27?,33-,35?,36-/m1/s1. The summed E-state index contributed by atoms with van der Waals surface area (Å²) in [4.78, 5) is 6.54. The first-order chi connectivity index (χ1) is 24.6. The van der Waals surface area contributed by atoms with Crippen LogP contribution >= 0.6 is 0 Å². The molecule has 15 heteroatoms. The van der Waals surface area contributed by atoms with E-state index < -0.39 is 22.2 Å². The monoisotopic (exact) mass is 716 g/mol. The van der Waals surface area contributed by atoms with E-state index in [1.807, 2.05) is 36.5 Å². The van der Waals surface area contributed by atoms with Crippen LogP contribution in [0.1, 0.15) is 25.8 Å². The van der Waals surface area contributed by atoms with E-state index >= 15 is 0 Å². The Kier molecular flexibility index (Phi) is 9.90. The van der Waals surface area contributed by atoms with Crippen molar-refractivity contribution in [3.05, 3.63) is 96.8 Å². The zero-order chi connectivity index (χ0) is 35.6. The zero-order valence-electron chi connectivity index (χ0n) is 28.7. The summed E-state index contributed by atoms with van der Waals surface area (Å²) in [5.74, 6) is -0.450. The highest BCUT2D eigenvalue weighted by Gasteiger charge is 2.44. The van der Waals surface area contributed by atoms with Crippen molar-refractivity contribution in [1.29, 1.82) is 0 Å². The van der Waals surface area contributed by atoms with Gasteiger partial charge >= 0.3 is 0 Å². The van der Waals surface area contributed by atoms with E-state index in [4.69, 9.17) is 19.3 Å². The fourth-order valence-electron chi connectivity index (χ4n) is 6.57. The van der Waals surface area contributed by atoms with E-state index in [1.165, 1.54) is 12.1 Å². The fourth-order valence-corrected chi connectivity index (χ4v) is 7.09. The number of nitrogens with zero attached hydrogens (tertiary/aromatic N) is 7. The Bertz CT molecular complexity index is 1890. The van der Waals surface area contributed by atoms with Gasteiger partial charge in [0, 0.05) is 67.2 Å². The van der Waals surface area contributed by atoms with E-state index in [-0.39, 0.29) is 36.8 Å². The quantitative estimate of drug-likeness (QED) is 0.222. The molecule has 4 aromatic rings. The highest BCUT2D eigenvalue weighted by Crippen LogP contribution is 2.37. The summed E-state index contributed by atoms with van der Waals surface area (Å²) < 4.78 is 44.1. The summed E-state index contributed by atoms with van der Waals surface area (Å²) in [6.45, 7) is 8.50. The lowest BCUT2D eigenvalue weighted by molar-refractivity contribution is -0.190. The third kappa shape index (κ3) is 7.53. The number of hydrazone groups is 1. The number of hydrogen-bond donors (Lipinski definition) is 2. The SMILES string of the molecule is CCC(C)N1N=CN(c2ccc(N3CCN(c4ccc(OC[C@@H]5CO[C@@](Cn6cccn6)(c6ccc(S(N)(=O)=O)cc6)O5)cc4)CC3)cc2)C1O. The molecular formula is C36H44N8O6S. The van der Waals surface area contributed by atoms with Crippen molar-refractivity contribution in [3.63, 3.8) is 0 Å². The molecule has 2 fully saturated rings. The molecule has 14 nitrogen and oxygen atoms in total. The highest BCUT2D eigenvalue weighted by molar-refractivity contribution is 7.89.